The molecule has 0 saturated heterocycles. The summed E-state index contributed by atoms with van der Waals surface area (Å²) in [4.78, 5) is 1.40. The summed E-state index contributed by atoms with van der Waals surface area (Å²) in [5.41, 5.74) is 1.53. The third kappa shape index (κ3) is 2.38. The van der Waals surface area contributed by atoms with E-state index in [1.54, 1.807) is 18.9 Å². The molecule has 2 heteroatoms. The van der Waals surface area contributed by atoms with Crippen molar-refractivity contribution >= 4 is 11.8 Å². The minimum atomic E-state index is 0.776. The van der Waals surface area contributed by atoms with Crippen LogP contribution in [0.5, 0.6) is 0 Å². The quantitative estimate of drug-likeness (QED) is 0.644. The smallest absolute Gasteiger partial charge is 0.0774 e. The van der Waals surface area contributed by atoms with Gasteiger partial charge in [-0.05, 0) is 18.2 Å². The first-order valence-corrected chi connectivity index (χ1v) is 4.78. The first kappa shape index (κ1) is 8.88. The maximum Gasteiger partial charge on any atom is 0.0774 e. The van der Waals surface area contributed by atoms with E-state index >= 15 is 0 Å². The van der Waals surface area contributed by atoms with Gasteiger partial charge in [0.15, 0.2) is 0 Å². The van der Waals surface area contributed by atoms with Crippen LogP contribution in [-0.2, 0) is 4.74 Å². The Morgan fingerprint density at radius 1 is 1.64 bits per heavy atom. The summed E-state index contributed by atoms with van der Waals surface area (Å²) in [6.45, 7) is 2.98. The molecule has 62 valence electrons. The highest BCUT2D eigenvalue weighted by Gasteiger charge is 2.06. The summed E-state index contributed by atoms with van der Waals surface area (Å²) in [6, 6.07) is 0. The highest BCUT2D eigenvalue weighted by molar-refractivity contribution is 8.05. The first-order chi connectivity index (χ1) is 5.38. The van der Waals surface area contributed by atoms with E-state index in [2.05, 4.69) is 18.4 Å². The first-order valence-electron chi connectivity index (χ1n) is 3.90. The molecule has 0 N–H and O–H groups in total. The monoisotopic (exact) mass is 170 g/mol. The molecule has 1 rings (SSSR count). The zero-order valence-electron chi connectivity index (χ0n) is 7.09. The third-order valence-electron chi connectivity index (χ3n) is 1.77. The molecule has 0 amide bonds. The lowest BCUT2D eigenvalue weighted by Gasteiger charge is -2.13. The zero-order chi connectivity index (χ0) is 8.10. The summed E-state index contributed by atoms with van der Waals surface area (Å²) in [6.07, 6.45) is 4.47. The van der Waals surface area contributed by atoms with Gasteiger partial charge in [0, 0.05) is 12.0 Å². The highest BCUT2D eigenvalue weighted by atomic mass is 32.2. The molecule has 0 aliphatic carbocycles. The summed E-state index contributed by atoms with van der Waals surface area (Å²) in [7, 11) is 1.75. The maximum absolute atomic E-state index is 5.10. The van der Waals surface area contributed by atoms with Gasteiger partial charge in [0.2, 0.25) is 0 Å². The number of allylic oxidation sites excluding steroid dienone is 2. The Bertz CT molecular complexity index is 182. The van der Waals surface area contributed by atoms with Gasteiger partial charge in [-0.1, -0.05) is 18.6 Å². The molecule has 0 spiro atoms. The number of hydrogen-bond acceptors (Lipinski definition) is 2. The second-order valence-electron chi connectivity index (χ2n) is 2.51. The van der Waals surface area contributed by atoms with Gasteiger partial charge in [-0.25, -0.2) is 0 Å². The Morgan fingerprint density at radius 3 is 3.09 bits per heavy atom. The Kier molecular flexibility index (Phi) is 3.73. The molecule has 0 aromatic carbocycles. The number of rotatable bonds is 3. The van der Waals surface area contributed by atoms with Crippen molar-refractivity contribution in [3.63, 3.8) is 0 Å². The number of hydrogen-bond donors (Lipinski definition) is 0. The fourth-order valence-corrected chi connectivity index (χ4v) is 2.06. The fraction of sp³-hybridized carbons (Fsp3) is 0.556. The van der Waals surface area contributed by atoms with Crippen LogP contribution >= 0.6 is 11.8 Å². The summed E-state index contributed by atoms with van der Waals surface area (Å²) >= 11 is 1.79. The molecule has 11 heavy (non-hydrogen) atoms. The molecule has 0 bridgehead atoms. The number of ether oxygens (including phenoxy) is 1. The van der Waals surface area contributed by atoms with Crippen LogP contribution < -0.4 is 0 Å². The van der Waals surface area contributed by atoms with Crippen LogP contribution in [0.4, 0.5) is 0 Å². The van der Waals surface area contributed by atoms with Crippen molar-refractivity contribution in [3.8, 4) is 0 Å². The van der Waals surface area contributed by atoms with Crippen LogP contribution in [0.2, 0.25) is 0 Å². The minimum absolute atomic E-state index is 0.776. The second kappa shape index (κ2) is 4.62. The predicted molar refractivity (Wildman–Crippen MR) is 50.5 cm³/mol. The lowest BCUT2D eigenvalue weighted by atomic mass is 10.1. The van der Waals surface area contributed by atoms with Gasteiger partial charge in [-0.15, -0.1) is 11.8 Å². The molecule has 1 aliphatic rings. The van der Waals surface area contributed by atoms with E-state index in [1.807, 2.05) is 0 Å². The molecule has 0 unspecified atom stereocenters. The molecule has 1 nitrogen and oxygen atoms in total. The van der Waals surface area contributed by atoms with Crippen LogP contribution in [-0.4, -0.2) is 13.7 Å². The fourth-order valence-electron chi connectivity index (χ4n) is 1.13. The molecule has 0 aromatic rings. The van der Waals surface area contributed by atoms with E-state index in [4.69, 9.17) is 4.74 Å². The Hall–Kier alpha value is -0.210. The largest absolute Gasteiger partial charge is 0.379 e. The van der Waals surface area contributed by atoms with E-state index in [9.17, 15) is 0 Å². The topological polar surface area (TPSA) is 9.23 Å². The van der Waals surface area contributed by atoms with Crippen LogP contribution in [0.1, 0.15) is 19.8 Å². The van der Waals surface area contributed by atoms with Crippen molar-refractivity contribution in [2.24, 2.45) is 0 Å². The lowest BCUT2D eigenvalue weighted by molar-refractivity contribution is 0.230. The van der Waals surface area contributed by atoms with Gasteiger partial charge in [0.1, 0.15) is 0 Å². The van der Waals surface area contributed by atoms with E-state index in [0.717, 1.165) is 19.4 Å². The molecule has 0 radical (unpaired) electrons. The zero-order valence-corrected chi connectivity index (χ0v) is 7.91. The normalized spacial score (nSPS) is 17.6. The molecule has 0 aromatic heterocycles. The van der Waals surface area contributed by atoms with Crippen LogP contribution in [0.3, 0.4) is 0 Å². The molecule has 1 heterocycles. The molecule has 1 aliphatic heterocycles. The van der Waals surface area contributed by atoms with E-state index in [1.165, 1.54) is 10.5 Å². The maximum atomic E-state index is 5.10. The standard InChI is InChI=1S/C9H14OS/c1-3-8-5-4-6-11-9(8)7-10-2/h4,6H,3,5,7H2,1-2H3. The van der Waals surface area contributed by atoms with Gasteiger partial charge < -0.3 is 4.74 Å². The van der Waals surface area contributed by atoms with Crippen LogP contribution in [0, 0.1) is 0 Å². The Labute approximate surface area is 72.5 Å². The van der Waals surface area contributed by atoms with Crippen molar-refractivity contribution in [1.82, 2.24) is 0 Å². The lowest BCUT2D eigenvalue weighted by Crippen LogP contribution is -1.97. The van der Waals surface area contributed by atoms with Crippen LogP contribution in [0.15, 0.2) is 22.0 Å². The van der Waals surface area contributed by atoms with Gasteiger partial charge in [0.25, 0.3) is 0 Å². The van der Waals surface area contributed by atoms with Gasteiger partial charge in [-0.3, -0.25) is 0 Å². The minimum Gasteiger partial charge on any atom is -0.379 e. The van der Waals surface area contributed by atoms with Crippen molar-refractivity contribution in [1.29, 1.82) is 0 Å². The molecular formula is C9H14OS. The van der Waals surface area contributed by atoms with E-state index in [-0.39, 0.29) is 0 Å². The van der Waals surface area contributed by atoms with E-state index in [0.29, 0.717) is 0 Å². The van der Waals surface area contributed by atoms with Crippen molar-refractivity contribution in [3.05, 3.63) is 22.0 Å². The Balaban J connectivity index is 2.60. The molecule has 0 atom stereocenters. The molecular weight excluding hydrogens is 156 g/mol. The average Bonchev–Trinajstić information content (AvgIpc) is 2.06. The third-order valence-corrected chi connectivity index (χ3v) is 2.79. The van der Waals surface area contributed by atoms with Crippen molar-refractivity contribution < 1.29 is 4.74 Å². The van der Waals surface area contributed by atoms with Crippen molar-refractivity contribution in [2.75, 3.05) is 13.7 Å². The van der Waals surface area contributed by atoms with Crippen molar-refractivity contribution in [2.45, 2.75) is 19.8 Å². The SMILES string of the molecule is CCC1=C(COC)SC=CC1. The molecule has 0 fully saturated rings. The molecule has 0 saturated carbocycles. The average molecular weight is 170 g/mol. The number of thioether (sulfide) groups is 1. The number of methoxy groups -OCH3 is 1. The Morgan fingerprint density at radius 2 is 2.45 bits per heavy atom. The second-order valence-corrected chi connectivity index (χ2v) is 3.51. The van der Waals surface area contributed by atoms with Gasteiger partial charge >= 0.3 is 0 Å². The van der Waals surface area contributed by atoms with E-state index < -0.39 is 0 Å². The highest BCUT2D eigenvalue weighted by Crippen LogP contribution is 2.29. The summed E-state index contributed by atoms with van der Waals surface area (Å²) < 4.78 is 5.10. The summed E-state index contributed by atoms with van der Waals surface area (Å²) in [5.74, 6) is 0. The predicted octanol–water partition coefficient (Wildman–Crippen LogP) is 2.95. The summed E-state index contributed by atoms with van der Waals surface area (Å²) in [5, 5.41) is 2.15. The van der Waals surface area contributed by atoms with Crippen LogP contribution in [0.25, 0.3) is 0 Å². The van der Waals surface area contributed by atoms with Gasteiger partial charge in [-0.2, -0.15) is 0 Å². The van der Waals surface area contributed by atoms with Gasteiger partial charge in [0.05, 0.1) is 6.61 Å².